The van der Waals surface area contributed by atoms with Crippen molar-refractivity contribution < 1.29 is 54.7 Å². The van der Waals surface area contributed by atoms with E-state index in [0.717, 1.165) is 0 Å². The number of hydrogen-bond donors (Lipinski definition) is 1. The third kappa shape index (κ3) is 46.8. The summed E-state index contributed by atoms with van der Waals surface area (Å²) in [6.45, 7) is 0. The Kier molecular flexibility index (Phi) is 4.54. The van der Waals surface area contributed by atoms with E-state index in [1.807, 2.05) is 0 Å². The zero-order chi connectivity index (χ0) is 9.94. The van der Waals surface area contributed by atoms with E-state index in [1.165, 1.54) is 0 Å². The fraction of sp³-hybridized carbons (Fsp3) is 0. The number of rotatable bonds is 0. The van der Waals surface area contributed by atoms with Crippen molar-refractivity contribution in [3.05, 3.63) is 18.7 Å². The van der Waals surface area contributed by atoms with Gasteiger partial charge in [-0.05, 0) is 0 Å². The molecule has 1 aromatic rings. The van der Waals surface area contributed by atoms with E-state index in [2.05, 4.69) is 9.97 Å². The van der Waals surface area contributed by atoms with Crippen molar-refractivity contribution in [3.63, 3.8) is 0 Å². The number of hydrogen-bond acceptors (Lipinski definition) is 1. The zero-order valence-electron chi connectivity index (χ0n) is 6.39. The van der Waals surface area contributed by atoms with Gasteiger partial charge >= 0.3 is 62.5 Å². The molecule has 0 saturated heterocycles. The number of nitrogens with one attached hydrogen (secondary N) is 1. The molecular weight excluding hydrogens is 232 g/mol. The SMILES string of the molecule is F[P-](F)(F)(F)(F)F.[Na+].c1c[nH]cn1. The summed E-state index contributed by atoms with van der Waals surface area (Å²) in [7, 11) is -10.7. The van der Waals surface area contributed by atoms with Crippen molar-refractivity contribution in [1.82, 2.24) is 9.97 Å². The third-order valence-electron chi connectivity index (χ3n) is 0.406. The second kappa shape index (κ2) is 3.76. The third-order valence-corrected chi connectivity index (χ3v) is 0.406. The van der Waals surface area contributed by atoms with E-state index in [1.54, 1.807) is 18.7 Å². The summed E-state index contributed by atoms with van der Waals surface area (Å²) in [5.41, 5.74) is 0. The fourth-order valence-corrected chi connectivity index (χ4v) is 0.215. The molecule has 0 unspecified atom stereocenters. The van der Waals surface area contributed by atoms with Crippen LogP contribution >= 0.6 is 7.81 Å². The van der Waals surface area contributed by atoms with Crippen LogP contribution < -0.4 is 29.6 Å². The normalized spacial score (nSPS) is 15.5. The monoisotopic (exact) mass is 236 g/mol. The first-order valence-corrected chi connectivity index (χ1v) is 4.47. The minimum absolute atomic E-state index is 0. The van der Waals surface area contributed by atoms with Crippen LogP contribution in [0, 0.1) is 0 Å². The summed E-state index contributed by atoms with van der Waals surface area (Å²) >= 11 is 0. The first-order valence-electron chi connectivity index (χ1n) is 2.44. The summed E-state index contributed by atoms with van der Waals surface area (Å²) < 4.78 is 59.2. The van der Waals surface area contributed by atoms with Crippen LogP contribution in [0.2, 0.25) is 0 Å². The number of H-pyrrole nitrogens is 1. The molecule has 0 spiro atoms. The molecular formula is C3H4F6N2NaP. The molecule has 1 heterocycles. The maximum absolute atomic E-state index is 10.7. The van der Waals surface area contributed by atoms with E-state index >= 15 is 0 Å². The van der Waals surface area contributed by atoms with Crippen molar-refractivity contribution in [2.45, 2.75) is 0 Å². The molecule has 0 aliphatic carbocycles. The Balaban J connectivity index is 0. The molecule has 0 aliphatic heterocycles. The van der Waals surface area contributed by atoms with E-state index in [9.17, 15) is 25.2 Å². The van der Waals surface area contributed by atoms with Gasteiger partial charge in [0.05, 0.1) is 6.33 Å². The average Bonchev–Trinajstić information content (AvgIpc) is 2.00. The minimum Gasteiger partial charge on any atom is -0.351 e. The van der Waals surface area contributed by atoms with Gasteiger partial charge in [-0.15, -0.1) is 0 Å². The Morgan fingerprint density at radius 2 is 1.38 bits per heavy atom. The standard InChI is InChI=1S/C3H4N2.F6P.Na/c1-2-5-3-4-1;1-7(2,3,4,5)6;/h1-3H,(H,4,5);;/q;-1;+1. The van der Waals surface area contributed by atoms with Crippen LogP contribution in [0.5, 0.6) is 0 Å². The Morgan fingerprint density at radius 3 is 1.46 bits per heavy atom. The molecule has 1 N–H and O–H groups in total. The molecule has 2 nitrogen and oxygen atoms in total. The first kappa shape index (κ1) is 15.7. The van der Waals surface area contributed by atoms with Crippen LogP contribution in [0.1, 0.15) is 0 Å². The van der Waals surface area contributed by atoms with Crippen molar-refractivity contribution in [3.8, 4) is 0 Å². The molecule has 74 valence electrons. The maximum atomic E-state index is 9.87. The van der Waals surface area contributed by atoms with Crippen LogP contribution in [-0.2, 0) is 0 Å². The van der Waals surface area contributed by atoms with Crippen molar-refractivity contribution in [1.29, 1.82) is 0 Å². The van der Waals surface area contributed by atoms with Gasteiger partial charge in [-0.1, -0.05) is 0 Å². The number of halogens is 6. The first-order chi connectivity index (χ1) is 4.95. The topological polar surface area (TPSA) is 28.7 Å². The summed E-state index contributed by atoms with van der Waals surface area (Å²) in [5.74, 6) is 0. The van der Waals surface area contributed by atoms with E-state index in [0.29, 0.717) is 0 Å². The molecule has 0 saturated carbocycles. The second-order valence-electron chi connectivity index (χ2n) is 1.72. The number of aromatic amines is 1. The van der Waals surface area contributed by atoms with Crippen LogP contribution in [-0.4, -0.2) is 9.97 Å². The fourth-order valence-electron chi connectivity index (χ4n) is 0.215. The van der Waals surface area contributed by atoms with Crippen LogP contribution in [0.25, 0.3) is 0 Å². The summed E-state index contributed by atoms with van der Waals surface area (Å²) in [4.78, 5) is 6.42. The molecule has 0 amide bonds. The Morgan fingerprint density at radius 1 is 1.00 bits per heavy atom. The molecule has 0 aliphatic rings. The number of aromatic nitrogens is 2. The van der Waals surface area contributed by atoms with Crippen molar-refractivity contribution in [2.24, 2.45) is 0 Å². The zero-order valence-corrected chi connectivity index (χ0v) is 9.29. The van der Waals surface area contributed by atoms with E-state index < -0.39 is 7.81 Å². The van der Waals surface area contributed by atoms with Crippen molar-refractivity contribution >= 4 is 7.81 Å². The van der Waals surface area contributed by atoms with Gasteiger partial charge in [0.1, 0.15) is 0 Å². The molecule has 10 heteroatoms. The van der Waals surface area contributed by atoms with Crippen LogP contribution in [0.3, 0.4) is 0 Å². The molecule has 0 bridgehead atoms. The average molecular weight is 236 g/mol. The predicted molar refractivity (Wildman–Crippen MR) is 32.2 cm³/mol. The van der Waals surface area contributed by atoms with Gasteiger partial charge in [0.2, 0.25) is 0 Å². The van der Waals surface area contributed by atoms with Gasteiger partial charge in [-0.2, -0.15) is 0 Å². The quantitative estimate of drug-likeness (QED) is 0.402. The van der Waals surface area contributed by atoms with Gasteiger partial charge < -0.3 is 4.98 Å². The summed E-state index contributed by atoms with van der Waals surface area (Å²) in [6, 6.07) is 0. The Hall–Kier alpha value is 0.220. The molecule has 0 radical (unpaired) electrons. The second-order valence-corrected chi connectivity index (χ2v) is 3.64. The molecule has 0 fully saturated rings. The van der Waals surface area contributed by atoms with Crippen LogP contribution in [0.4, 0.5) is 25.2 Å². The summed E-state index contributed by atoms with van der Waals surface area (Å²) in [5, 5.41) is 0. The molecule has 1 aromatic heterocycles. The number of imidazole rings is 1. The molecule has 0 atom stereocenters. The summed E-state index contributed by atoms with van der Waals surface area (Å²) in [6.07, 6.45) is 5.08. The number of nitrogens with zero attached hydrogens (tertiary/aromatic N) is 1. The van der Waals surface area contributed by atoms with E-state index in [-0.39, 0.29) is 29.6 Å². The Labute approximate surface area is 91.3 Å². The Bertz CT molecular complexity index is 197. The van der Waals surface area contributed by atoms with Crippen molar-refractivity contribution in [2.75, 3.05) is 0 Å². The molecule has 1 rings (SSSR count). The minimum atomic E-state index is -10.7. The predicted octanol–water partition coefficient (Wildman–Crippen LogP) is 0.796. The van der Waals surface area contributed by atoms with Crippen LogP contribution in [0.15, 0.2) is 18.7 Å². The molecule has 13 heavy (non-hydrogen) atoms. The molecule has 0 aromatic carbocycles. The van der Waals surface area contributed by atoms with E-state index in [4.69, 9.17) is 0 Å². The van der Waals surface area contributed by atoms with Gasteiger partial charge in [-0.3, -0.25) is 0 Å². The van der Waals surface area contributed by atoms with Gasteiger partial charge in [0.15, 0.2) is 0 Å². The largest absolute Gasteiger partial charge is 1.00 e. The maximum Gasteiger partial charge on any atom is 1.00 e. The van der Waals surface area contributed by atoms with Gasteiger partial charge in [0, 0.05) is 12.4 Å². The van der Waals surface area contributed by atoms with Gasteiger partial charge in [0.25, 0.3) is 0 Å². The smallest absolute Gasteiger partial charge is 0.351 e. The van der Waals surface area contributed by atoms with Gasteiger partial charge in [-0.25, -0.2) is 4.98 Å².